The van der Waals surface area contributed by atoms with Gasteiger partial charge in [-0.05, 0) is 43.5 Å². The first-order valence-corrected chi connectivity index (χ1v) is 9.87. The Labute approximate surface area is 162 Å². The molecular formula is C22H20N2O2S. The Balaban J connectivity index is 1.45. The third kappa shape index (κ3) is 4.66. The van der Waals surface area contributed by atoms with Crippen LogP contribution in [-0.4, -0.2) is 9.55 Å². The summed E-state index contributed by atoms with van der Waals surface area (Å²) in [5.41, 5.74) is 4.69. The molecule has 5 heteroatoms. The average Bonchev–Trinajstić information content (AvgIpc) is 3.35. The lowest BCUT2D eigenvalue weighted by Gasteiger charge is -2.12. The SMILES string of the molecule is Cc1cc(OCc2cncs2)cc(=O)n1Cc1ccc(C#CC2CC2)cc1. The zero-order valence-electron chi connectivity index (χ0n) is 15.1. The maximum absolute atomic E-state index is 12.5. The van der Waals surface area contributed by atoms with Gasteiger partial charge in [0.25, 0.3) is 5.56 Å². The molecule has 1 aliphatic carbocycles. The molecule has 1 aliphatic rings. The Kier molecular flexibility index (Phi) is 5.08. The van der Waals surface area contributed by atoms with Gasteiger partial charge < -0.3 is 9.30 Å². The summed E-state index contributed by atoms with van der Waals surface area (Å²) in [6.45, 7) is 2.89. The fraction of sp³-hybridized carbons (Fsp3) is 0.273. The maximum atomic E-state index is 12.5. The molecular weight excluding hydrogens is 356 g/mol. The van der Waals surface area contributed by atoms with Gasteiger partial charge in [-0.25, -0.2) is 0 Å². The second-order valence-corrected chi connectivity index (χ2v) is 7.72. The Hall–Kier alpha value is -2.84. The highest BCUT2D eigenvalue weighted by molar-refractivity contribution is 7.09. The van der Waals surface area contributed by atoms with E-state index in [1.165, 1.54) is 24.2 Å². The number of hydrogen-bond acceptors (Lipinski definition) is 4. The maximum Gasteiger partial charge on any atom is 0.254 e. The van der Waals surface area contributed by atoms with Crippen molar-refractivity contribution in [3.8, 4) is 17.6 Å². The minimum absolute atomic E-state index is 0.0630. The standard InChI is InChI=1S/C22H20N2O2S/c1-16-10-20(26-14-21-12-23-15-27-21)11-22(25)24(16)13-19-8-6-18(7-9-19)5-4-17-2-3-17/h6-12,15,17H,2-3,13-14H2,1H3. The highest BCUT2D eigenvalue weighted by Crippen LogP contribution is 2.27. The topological polar surface area (TPSA) is 44.1 Å². The normalized spacial score (nSPS) is 13.1. The summed E-state index contributed by atoms with van der Waals surface area (Å²) in [5, 5.41) is 0. The van der Waals surface area contributed by atoms with E-state index in [1.807, 2.05) is 37.3 Å². The van der Waals surface area contributed by atoms with E-state index >= 15 is 0 Å². The molecule has 3 aromatic rings. The van der Waals surface area contributed by atoms with Gasteiger partial charge in [0.15, 0.2) is 0 Å². The van der Waals surface area contributed by atoms with E-state index in [-0.39, 0.29) is 5.56 Å². The van der Waals surface area contributed by atoms with E-state index in [0.29, 0.717) is 24.8 Å². The van der Waals surface area contributed by atoms with Crippen LogP contribution in [0.5, 0.6) is 5.75 Å². The van der Waals surface area contributed by atoms with Crippen LogP contribution >= 0.6 is 11.3 Å². The van der Waals surface area contributed by atoms with Crippen molar-refractivity contribution in [1.82, 2.24) is 9.55 Å². The van der Waals surface area contributed by atoms with Crippen molar-refractivity contribution >= 4 is 11.3 Å². The lowest BCUT2D eigenvalue weighted by Crippen LogP contribution is -2.22. The molecule has 0 bridgehead atoms. The van der Waals surface area contributed by atoms with E-state index in [4.69, 9.17) is 4.74 Å². The molecule has 136 valence electrons. The van der Waals surface area contributed by atoms with Crippen molar-refractivity contribution in [2.45, 2.75) is 32.9 Å². The molecule has 1 aromatic carbocycles. The summed E-state index contributed by atoms with van der Waals surface area (Å²) in [5.74, 6) is 7.67. The Morgan fingerprint density at radius 1 is 1.26 bits per heavy atom. The van der Waals surface area contributed by atoms with Crippen LogP contribution in [0.15, 0.2) is 52.9 Å². The van der Waals surface area contributed by atoms with Gasteiger partial charge in [0, 0.05) is 29.4 Å². The summed E-state index contributed by atoms with van der Waals surface area (Å²) in [7, 11) is 0. The number of benzene rings is 1. The first-order chi connectivity index (χ1) is 13.2. The number of rotatable bonds is 5. The van der Waals surface area contributed by atoms with E-state index in [9.17, 15) is 4.79 Å². The summed E-state index contributed by atoms with van der Waals surface area (Å²) >= 11 is 1.54. The van der Waals surface area contributed by atoms with Crippen LogP contribution in [0.3, 0.4) is 0 Å². The highest BCUT2D eigenvalue weighted by Gasteiger charge is 2.17. The van der Waals surface area contributed by atoms with Gasteiger partial charge in [-0.2, -0.15) is 0 Å². The monoisotopic (exact) mass is 376 g/mol. The minimum atomic E-state index is -0.0630. The van der Waals surface area contributed by atoms with Gasteiger partial charge in [0.2, 0.25) is 0 Å². The Bertz CT molecular complexity index is 1040. The average molecular weight is 376 g/mol. The Morgan fingerprint density at radius 3 is 2.74 bits per heavy atom. The van der Waals surface area contributed by atoms with Crippen molar-refractivity contribution in [2.75, 3.05) is 0 Å². The zero-order chi connectivity index (χ0) is 18.6. The predicted molar refractivity (Wildman–Crippen MR) is 107 cm³/mol. The second kappa shape index (κ2) is 7.81. The van der Waals surface area contributed by atoms with E-state index in [0.717, 1.165) is 21.7 Å². The van der Waals surface area contributed by atoms with Crippen LogP contribution in [0.25, 0.3) is 0 Å². The Morgan fingerprint density at radius 2 is 2.07 bits per heavy atom. The van der Waals surface area contributed by atoms with Crippen molar-refractivity contribution < 1.29 is 4.74 Å². The first-order valence-electron chi connectivity index (χ1n) is 8.99. The van der Waals surface area contributed by atoms with Gasteiger partial charge in [0.1, 0.15) is 12.4 Å². The molecule has 0 saturated heterocycles. The number of thiazole rings is 1. The molecule has 2 aromatic heterocycles. The molecule has 4 nitrogen and oxygen atoms in total. The van der Waals surface area contributed by atoms with Crippen LogP contribution in [0.2, 0.25) is 0 Å². The summed E-state index contributed by atoms with van der Waals surface area (Å²) < 4.78 is 7.48. The lowest BCUT2D eigenvalue weighted by atomic mass is 10.1. The van der Waals surface area contributed by atoms with Crippen molar-refractivity contribution in [2.24, 2.45) is 5.92 Å². The van der Waals surface area contributed by atoms with Gasteiger partial charge in [-0.15, -0.1) is 11.3 Å². The molecule has 0 unspecified atom stereocenters. The van der Waals surface area contributed by atoms with Crippen molar-refractivity contribution in [3.63, 3.8) is 0 Å². The summed E-state index contributed by atoms with van der Waals surface area (Å²) in [4.78, 5) is 17.6. The molecule has 0 spiro atoms. The fourth-order valence-electron chi connectivity index (χ4n) is 2.74. The second-order valence-electron chi connectivity index (χ2n) is 6.75. The molecule has 0 amide bonds. The molecule has 0 atom stereocenters. The number of pyridine rings is 1. The highest BCUT2D eigenvalue weighted by atomic mass is 32.1. The van der Waals surface area contributed by atoms with Crippen LogP contribution in [0.1, 0.15) is 34.5 Å². The number of ether oxygens (including phenoxy) is 1. The molecule has 1 fully saturated rings. The lowest BCUT2D eigenvalue weighted by molar-refractivity contribution is 0.308. The van der Waals surface area contributed by atoms with Gasteiger partial charge in [0.05, 0.1) is 16.9 Å². The van der Waals surface area contributed by atoms with Crippen LogP contribution < -0.4 is 10.3 Å². The number of aromatic nitrogens is 2. The smallest absolute Gasteiger partial charge is 0.254 e. The number of nitrogens with zero attached hydrogens (tertiary/aromatic N) is 2. The van der Waals surface area contributed by atoms with Gasteiger partial charge in [-0.3, -0.25) is 9.78 Å². The minimum Gasteiger partial charge on any atom is -0.488 e. The molecule has 27 heavy (non-hydrogen) atoms. The summed E-state index contributed by atoms with van der Waals surface area (Å²) in [6, 6.07) is 11.6. The zero-order valence-corrected chi connectivity index (χ0v) is 16.0. The van der Waals surface area contributed by atoms with Gasteiger partial charge >= 0.3 is 0 Å². The molecule has 0 aliphatic heterocycles. The number of hydrogen-bond donors (Lipinski definition) is 0. The quantitative estimate of drug-likeness (QED) is 0.632. The van der Waals surface area contributed by atoms with Crippen LogP contribution in [0, 0.1) is 24.7 Å². The molecule has 2 heterocycles. The molecule has 0 N–H and O–H groups in total. The molecule has 0 radical (unpaired) electrons. The fourth-order valence-corrected chi connectivity index (χ4v) is 3.25. The predicted octanol–water partition coefficient (Wildman–Crippen LogP) is 4.00. The third-order valence-corrected chi connectivity index (χ3v) is 5.22. The molecule has 4 rings (SSSR count). The van der Waals surface area contributed by atoms with E-state index in [1.54, 1.807) is 22.3 Å². The third-order valence-electron chi connectivity index (χ3n) is 4.47. The molecule has 1 saturated carbocycles. The largest absolute Gasteiger partial charge is 0.488 e. The van der Waals surface area contributed by atoms with Crippen molar-refractivity contribution in [3.05, 3.63) is 80.2 Å². The van der Waals surface area contributed by atoms with Crippen molar-refractivity contribution in [1.29, 1.82) is 0 Å². The van der Waals surface area contributed by atoms with E-state index < -0.39 is 0 Å². The van der Waals surface area contributed by atoms with E-state index in [2.05, 4.69) is 16.8 Å². The van der Waals surface area contributed by atoms with Crippen LogP contribution in [0.4, 0.5) is 0 Å². The van der Waals surface area contributed by atoms with Crippen LogP contribution in [-0.2, 0) is 13.2 Å². The first kappa shape index (κ1) is 17.6. The number of aryl methyl sites for hydroxylation is 1. The summed E-state index contributed by atoms with van der Waals surface area (Å²) in [6.07, 6.45) is 4.24. The van der Waals surface area contributed by atoms with Gasteiger partial charge in [-0.1, -0.05) is 24.0 Å².